The molecule has 0 aromatic carbocycles. The number of hydrogen-bond acceptors (Lipinski definition) is 21. The number of sulfonamides is 10. The lowest BCUT2D eigenvalue weighted by Gasteiger charge is -2.59. The van der Waals surface area contributed by atoms with Crippen LogP contribution in [0.15, 0.2) is 0 Å². The molecule has 0 saturated heterocycles. The van der Waals surface area contributed by atoms with Crippen molar-refractivity contribution in [3.8, 4) is 0 Å². The molecule has 135 heavy (non-hydrogen) atoms. The third kappa shape index (κ3) is 41.9. The Balaban J connectivity index is 14.1. The number of rotatable bonds is 94. The van der Waals surface area contributed by atoms with Gasteiger partial charge in [-0.3, -0.25) is 0 Å². The van der Waals surface area contributed by atoms with Crippen LogP contribution in [0.2, 0.25) is 0 Å². The van der Waals surface area contributed by atoms with Crippen molar-refractivity contribution < 1.29 is 129 Å². The first kappa shape index (κ1) is 134. The van der Waals surface area contributed by atoms with Crippen molar-refractivity contribution in [1.29, 1.82) is 0 Å². The van der Waals surface area contributed by atoms with Gasteiger partial charge in [-0.2, -0.15) is 0 Å². The van der Waals surface area contributed by atoms with Crippen LogP contribution in [0.3, 0.4) is 0 Å². The van der Waals surface area contributed by atoms with Gasteiger partial charge in [-0.25, -0.2) is 84.2 Å². The Kier molecular flexibility index (Phi) is 67.6. The average Bonchev–Trinajstić information content (AvgIpc) is 0.653. The second-order valence-corrected chi connectivity index (χ2v) is 55.8. The molecule has 0 N–H and O–H groups in total. The Morgan fingerprint density at radius 3 is 0.319 bits per heavy atom. The van der Waals surface area contributed by atoms with Gasteiger partial charge in [0.05, 0.1) is 57.5 Å². The summed E-state index contributed by atoms with van der Waals surface area (Å²) in [6, 6.07) is 0. The standard InChI is InChI=1S/C84H170F10N10O20S11/c1-11-21-31-41-51-61-71-126(105,106)95(85)81(96(86)127(107,108)72-62-52-42-32-22-12-2,97(87)128(109,110)73-63-53-43-33-23-13-3)83(101(91)132(117,118)77-67-57-47-37-27-17-7,102(92)133(119,120)78-68-58-48-38-28-18-8)125-84(103(93)134(121,122)79-69-59-49-39-29-19-9,104(94)135(123,124)80-70-60-50-40-30-20-10)82(98(88)129(111,112)74-64-54-44-34-24-14-4,99(89)130(113,114)75-65-55-45-35-25-15-5)100(90)131(115,116)76-66-56-46-36-26-16-6/h11-80H2,1-10H3. The zero-order chi connectivity index (χ0) is 103. The van der Waals surface area contributed by atoms with E-state index < -0.39 is 365 Å². The van der Waals surface area contributed by atoms with E-state index in [0.717, 1.165) is 0 Å². The van der Waals surface area contributed by atoms with E-state index in [2.05, 4.69) is 0 Å². The van der Waals surface area contributed by atoms with Crippen molar-refractivity contribution >= 4 is 112 Å². The van der Waals surface area contributed by atoms with Crippen molar-refractivity contribution in [2.45, 2.75) is 476 Å². The minimum Gasteiger partial charge on any atom is -0.210 e. The summed E-state index contributed by atoms with van der Waals surface area (Å²) in [4.78, 5) is -15.8. The van der Waals surface area contributed by atoms with Crippen LogP contribution < -0.4 is 0 Å². The fourth-order valence-electron chi connectivity index (χ4n) is 15.5. The van der Waals surface area contributed by atoms with Gasteiger partial charge in [-0.15, -0.1) is 44.8 Å². The fraction of sp³-hybridized carbons (Fsp3) is 1.00. The number of thioether (sulfide) groups is 1. The van der Waals surface area contributed by atoms with Crippen molar-refractivity contribution in [2.75, 3.05) is 57.5 Å². The van der Waals surface area contributed by atoms with Gasteiger partial charge in [0.1, 0.15) is 0 Å². The Labute approximate surface area is 813 Å². The molecule has 0 saturated carbocycles. The molecule has 30 nitrogen and oxygen atoms in total. The fourth-order valence-corrected chi connectivity index (χ4v) is 33.0. The third-order valence-corrected chi connectivity index (χ3v) is 41.3. The normalized spacial score (nSPS) is 14.0. The lowest BCUT2D eigenvalue weighted by molar-refractivity contribution is -0.327. The Morgan fingerprint density at radius 2 is 0.222 bits per heavy atom. The van der Waals surface area contributed by atoms with E-state index in [1.54, 1.807) is 69.2 Å². The van der Waals surface area contributed by atoms with E-state index in [1.165, 1.54) is 0 Å². The molecule has 0 heterocycles. The molecule has 0 spiro atoms. The van der Waals surface area contributed by atoms with Crippen molar-refractivity contribution in [3.63, 3.8) is 0 Å². The molecule has 0 aromatic heterocycles. The van der Waals surface area contributed by atoms with Crippen LogP contribution in [0.1, 0.15) is 454 Å². The quantitative estimate of drug-likeness (QED) is 0.0236. The van der Waals surface area contributed by atoms with Gasteiger partial charge in [0.25, 0.3) is 9.99 Å². The van der Waals surface area contributed by atoms with E-state index in [0.29, 0.717) is 128 Å². The van der Waals surface area contributed by atoms with Crippen molar-refractivity contribution in [2.24, 2.45) is 0 Å². The summed E-state index contributed by atoms with van der Waals surface area (Å²) in [5, 5.41) is 0. The molecule has 0 aliphatic rings. The highest BCUT2D eigenvalue weighted by atomic mass is 32.2. The number of unbranched alkanes of at least 4 members (excludes halogenated alkanes) is 50. The molecule has 812 valence electrons. The Bertz CT molecular complexity index is 3790. The maximum Gasteiger partial charge on any atom is 0.306 e. The smallest absolute Gasteiger partial charge is 0.210 e. The molecule has 0 unspecified atom stereocenters. The van der Waals surface area contributed by atoms with Crippen LogP contribution in [-0.4, -0.2) is 209 Å². The van der Waals surface area contributed by atoms with Crippen LogP contribution in [0, 0.1) is 0 Å². The van der Waals surface area contributed by atoms with Crippen LogP contribution in [0.5, 0.6) is 0 Å². The topological polar surface area (TPSA) is 374 Å². The molecule has 0 rings (SSSR count). The number of nitrogens with zero attached hydrogens (tertiary/aromatic N) is 10. The highest BCUT2D eigenvalue weighted by Crippen LogP contribution is 2.66. The van der Waals surface area contributed by atoms with Gasteiger partial charge in [-0.05, 0) is 64.2 Å². The lowest BCUT2D eigenvalue weighted by Crippen LogP contribution is -2.89. The van der Waals surface area contributed by atoms with Gasteiger partial charge < -0.3 is 0 Å². The van der Waals surface area contributed by atoms with Gasteiger partial charge >= 0.3 is 11.6 Å². The third-order valence-electron chi connectivity index (χ3n) is 23.6. The second kappa shape index (κ2) is 68.2. The molecule has 51 heteroatoms. The van der Waals surface area contributed by atoms with E-state index in [9.17, 15) is 0 Å². The van der Waals surface area contributed by atoms with Crippen LogP contribution in [0.4, 0.5) is 44.8 Å². The molecule has 0 atom stereocenters. The summed E-state index contributed by atoms with van der Waals surface area (Å²) in [7, 11) is -76.8. The molecule has 0 aromatic rings. The predicted octanol–water partition coefficient (Wildman–Crippen LogP) is 23.1. The van der Waals surface area contributed by atoms with Gasteiger partial charge in [0.2, 0.25) is 100 Å². The summed E-state index contributed by atoms with van der Waals surface area (Å²) in [5.41, 5.74) is 0. The van der Waals surface area contributed by atoms with Crippen LogP contribution >= 0.6 is 11.8 Å². The zero-order valence-electron chi connectivity index (χ0n) is 82.4. The van der Waals surface area contributed by atoms with E-state index in [4.69, 9.17) is 0 Å². The summed E-state index contributed by atoms with van der Waals surface area (Å²) in [6.45, 7) is 16.8. The molecule has 0 aliphatic carbocycles. The minimum absolute atomic E-state index is 0.0930. The first-order valence-corrected chi connectivity index (χ1v) is 66.9. The maximum atomic E-state index is 21.6. The molecular weight excluding hydrogens is 2010 g/mol. The van der Waals surface area contributed by atoms with Crippen LogP contribution in [-0.2, 0) is 100 Å². The highest BCUT2D eigenvalue weighted by molar-refractivity contribution is 8.05. The molecule has 0 fully saturated rings. The molecule has 0 radical (unpaired) electrons. The zero-order valence-corrected chi connectivity index (χ0v) is 91.4. The van der Waals surface area contributed by atoms with Crippen LogP contribution in [0.25, 0.3) is 0 Å². The van der Waals surface area contributed by atoms with Crippen molar-refractivity contribution in [3.05, 3.63) is 0 Å². The first-order chi connectivity index (χ1) is 63.4. The van der Waals surface area contributed by atoms with Gasteiger partial charge in [-0.1, -0.05) is 402 Å². The maximum absolute atomic E-state index is 21.6. The molecule has 0 aliphatic heterocycles. The van der Waals surface area contributed by atoms with E-state index >= 15 is 129 Å². The number of halogens is 10. The van der Waals surface area contributed by atoms with Crippen molar-refractivity contribution in [1.82, 2.24) is 45.3 Å². The second-order valence-electron chi connectivity index (χ2n) is 35.6. The van der Waals surface area contributed by atoms with E-state index in [1.807, 2.05) is 0 Å². The van der Waals surface area contributed by atoms with Gasteiger partial charge in [0.15, 0.2) is 0 Å². The summed E-state index contributed by atoms with van der Waals surface area (Å²) < 4.78 is 511. The number of hydrogen-bond donors (Lipinski definition) is 0. The Morgan fingerprint density at radius 1 is 0.141 bits per heavy atom. The summed E-state index contributed by atoms with van der Waals surface area (Å²) in [5.74, 6) is -39.2. The summed E-state index contributed by atoms with van der Waals surface area (Å²) in [6.07, 6.45) is -11.6. The molecular formula is C84H170F10N10O20S11. The van der Waals surface area contributed by atoms with E-state index in [-0.39, 0.29) is 128 Å². The van der Waals surface area contributed by atoms with Gasteiger partial charge in [0, 0.05) is 45.3 Å². The molecule has 0 amide bonds. The minimum atomic E-state index is -7.90. The lowest BCUT2D eigenvalue weighted by atomic mass is 10.1. The summed E-state index contributed by atoms with van der Waals surface area (Å²) >= 11 is -3.46. The largest absolute Gasteiger partial charge is 0.306 e. The average molecular weight is 2180 g/mol. The predicted molar refractivity (Wildman–Crippen MR) is 520 cm³/mol. The first-order valence-electron chi connectivity index (χ1n) is 50.0. The molecule has 0 bridgehead atoms. The monoisotopic (exact) mass is 2180 g/mol. The highest BCUT2D eigenvalue weighted by Gasteiger charge is 2.91. The Hall–Kier alpha value is -1.25. The SMILES string of the molecule is CCCCCCCCS(=O)(=O)N(F)C(SC(N(F)S(=O)(=O)CCCCCCCC)(N(F)S(=O)(=O)CCCCCCCC)C(N(F)S(=O)(=O)CCCCCCCC)(N(F)S(=O)(=O)CCCCCCCC)N(F)S(=O)(=O)CCCCCCCC)(N(F)S(=O)(=O)CCCCCCCC)C(N(F)S(=O)(=O)CCCCCCCC)(N(F)S(=O)(=O)CCCCCCCC)N(F)S(=O)(=O)CCCCCCCC.